The van der Waals surface area contributed by atoms with Crippen molar-refractivity contribution < 1.29 is 17.9 Å². The summed E-state index contributed by atoms with van der Waals surface area (Å²) in [6.45, 7) is 1.67. The normalized spacial score (nSPS) is 11.4. The van der Waals surface area contributed by atoms with Crippen LogP contribution in [0, 0.1) is 6.92 Å². The second-order valence-electron chi connectivity index (χ2n) is 3.62. The van der Waals surface area contributed by atoms with Crippen LogP contribution in [0.25, 0.3) is 0 Å². The Hall–Kier alpha value is -2.22. The Morgan fingerprint density at radius 3 is 2.72 bits per heavy atom. The lowest BCUT2D eigenvalue weighted by molar-refractivity contribution is 0.477. The molecule has 0 atom stereocenters. The Morgan fingerprint density at radius 1 is 1.44 bits per heavy atom. The van der Waals surface area contributed by atoms with E-state index in [9.17, 15) is 13.5 Å². The van der Waals surface area contributed by atoms with Gasteiger partial charge in [-0.05, 0) is 25.1 Å². The van der Waals surface area contributed by atoms with Gasteiger partial charge in [-0.1, -0.05) is 0 Å². The SMILES string of the molecule is Cc1coc(NS(=O)(=O)c2ccc(O)c(N)c2)n1. The van der Waals surface area contributed by atoms with E-state index in [1.165, 1.54) is 18.4 Å². The Kier molecular flexibility index (Phi) is 2.87. The van der Waals surface area contributed by atoms with Crippen molar-refractivity contribution >= 4 is 21.7 Å². The predicted octanol–water partition coefficient (Wildman–Crippen LogP) is 1.07. The fraction of sp³-hybridized carbons (Fsp3) is 0.100. The standard InChI is InChI=1S/C10H11N3O4S/c1-6-5-17-10(12-6)13-18(15,16)7-2-3-9(14)8(11)4-7/h2-5,14H,11H2,1H3,(H,12,13). The average Bonchev–Trinajstić information content (AvgIpc) is 2.67. The highest BCUT2D eigenvalue weighted by molar-refractivity contribution is 7.92. The molecule has 0 aliphatic rings. The van der Waals surface area contributed by atoms with Crippen molar-refractivity contribution in [2.45, 2.75) is 11.8 Å². The minimum atomic E-state index is -3.84. The van der Waals surface area contributed by atoms with Crippen LogP contribution in [0.5, 0.6) is 5.75 Å². The molecule has 0 aliphatic heterocycles. The smallest absolute Gasteiger partial charge is 0.309 e. The fourth-order valence-electron chi connectivity index (χ4n) is 1.27. The molecule has 0 radical (unpaired) electrons. The first-order valence-electron chi connectivity index (χ1n) is 4.92. The fourth-order valence-corrected chi connectivity index (χ4v) is 2.25. The third kappa shape index (κ3) is 2.38. The van der Waals surface area contributed by atoms with Crippen LogP contribution in [0.15, 0.2) is 33.8 Å². The maximum Gasteiger partial charge on any atom is 0.309 e. The number of rotatable bonds is 3. The van der Waals surface area contributed by atoms with Gasteiger partial charge in [-0.15, -0.1) is 0 Å². The van der Waals surface area contributed by atoms with Crippen LogP contribution in [0.2, 0.25) is 0 Å². The first-order chi connectivity index (χ1) is 8.38. The zero-order valence-electron chi connectivity index (χ0n) is 9.41. The number of hydrogen-bond acceptors (Lipinski definition) is 6. The molecular weight excluding hydrogens is 258 g/mol. The summed E-state index contributed by atoms with van der Waals surface area (Å²) in [4.78, 5) is 3.73. The van der Waals surface area contributed by atoms with Crippen LogP contribution >= 0.6 is 0 Å². The van der Waals surface area contributed by atoms with Gasteiger partial charge in [-0.25, -0.2) is 13.1 Å². The summed E-state index contributed by atoms with van der Waals surface area (Å²) in [5, 5.41) is 9.23. The van der Waals surface area contributed by atoms with E-state index in [4.69, 9.17) is 10.2 Å². The molecular formula is C10H11N3O4S. The van der Waals surface area contributed by atoms with E-state index >= 15 is 0 Å². The minimum Gasteiger partial charge on any atom is -0.506 e. The van der Waals surface area contributed by atoms with Crippen molar-refractivity contribution in [2.24, 2.45) is 0 Å². The molecule has 4 N–H and O–H groups in total. The van der Waals surface area contributed by atoms with Gasteiger partial charge in [0.15, 0.2) is 0 Å². The molecule has 1 aromatic heterocycles. The molecule has 8 heteroatoms. The highest BCUT2D eigenvalue weighted by Crippen LogP contribution is 2.24. The summed E-state index contributed by atoms with van der Waals surface area (Å²) in [6.07, 6.45) is 1.32. The minimum absolute atomic E-state index is 0.0264. The first-order valence-corrected chi connectivity index (χ1v) is 6.40. The summed E-state index contributed by atoms with van der Waals surface area (Å²) in [6, 6.07) is 3.45. The average molecular weight is 269 g/mol. The van der Waals surface area contributed by atoms with Gasteiger partial charge < -0.3 is 15.3 Å². The molecule has 2 rings (SSSR count). The molecule has 1 heterocycles. The number of aromatic nitrogens is 1. The number of nitrogens with two attached hydrogens (primary N) is 1. The van der Waals surface area contributed by atoms with Gasteiger partial charge in [0.25, 0.3) is 10.0 Å². The predicted molar refractivity (Wildman–Crippen MR) is 64.6 cm³/mol. The number of anilines is 2. The third-order valence-corrected chi connectivity index (χ3v) is 3.47. The van der Waals surface area contributed by atoms with E-state index in [-0.39, 0.29) is 22.3 Å². The van der Waals surface area contributed by atoms with Gasteiger partial charge in [-0.2, -0.15) is 4.98 Å². The maximum atomic E-state index is 11.9. The number of nitrogens with one attached hydrogen (secondary N) is 1. The number of aromatic hydroxyl groups is 1. The summed E-state index contributed by atoms with van der Waals surface area (Å²) in [5.74, 6) is -0.180. The molecule has 0 saturated heterocycles. The zero-order chi connectivity index (χ0) is 13.3. The molecule has 0 aliphatic carbocycles. The Morgan fingerprint density at radius 2 is 2.17 bits per heavy atom. The van der Waals surface area contributed by atoms with Crippen molar-refractivity contribution in [3.63, 3.8) is 0 Å². The summed E-state index contributed by atoms with van der Waals surface area (Å²) < 4.78 is 30.9. The number of nitrogens with zero attached hydrogens (tertiary/aromatic N) is 1. The number of phenolic OH excluding ortho intramolecular Hbond substituents is 1. The third-order valence-electron chi connectivity index (χ3n) is 2.15. The number of phenols is 1. The molecule has 0 fully saturated rings. The second-order valence-corrected chi connectivity index (χ2v) is 5.30. The van der Waals surface area contributed by atoms with Crippen LogP contribution in [-0.2, 0) is 10.0 Å². The molecule has 1 aromatic carbocycles. The van der Waals surface area contributed by atoms with Crippen molar-refractivity contribution in [1.82, 2.24) is 4.98 Å². The molecule has 0 bridgehead atoms. The molecule has 0 amide bonds. The highest BCUT2D eigenvalue weighted by Gasteiger charge is 2.17. The number of oxazole rings is 1. The molecule has 96 valence electrons. The second kappa shape index (κ2) is 4.22. The Bertz CT molecular complexity index is 678. The van der Waals surface area contributed by atoms with Crippen molar-refractivity contribution in [1.29, 1.82) is 0 Å². The van der Waals surface area contributed by atoms with Crippen LogP contribution < -0.4 is 10.5 Å². The molecule has 0 saturated carbocycles. The van der Waals surface area contributed by atoms with Gasteiger partial charge in [0.1, 0.15) is 12.0 Å². The van der Waals surface area contributed by atoms with E-state index in [1.54, 1.807) is 6.92 Å². The maximum absolute atomic E-state index is 11.9. The lowest BCUT2D eigenvalue weighted by Crippen LogP contribution is -2.13. The monoisotopic (exact) mass is 269 g/mol. The van der Waals surface area contributed by atoms with Crippen molar-refractivity contribution in [2.75, 3.05) is 10.5 Å². The largest absolute Gasteiger partial charge is 0.506 e. The quantitative estimate of drug-likeness (QED) is 0.566. The van der Waals surface area contributed by atoms with Crippen LogP contribution in [0.1, 0.15) is 5.69 Å². The van der Waals surface area contributed by atoms with Gasteiger partial charge in [-0.3, -0.25) is 0 Å². The first kappa shape index (κ1) is 12.2. The van der Waals surface area contributed by atoms with Crippen molar-refractivity contribution in [3.05, 3.63) is 30.2 Å². The van der Waals surface area contributed by atoms with E-state index in [2.05, 4.69) is 9.71 Å². The number of hydrogen-bond donors (Lipinski definition) is 3. The molecule has 0 spiro atoms. The van der Waals surface area contributed by atoms with Gasteiger partial charge in [0.2, 0.25) is 0 Å². The van der Waals surface area contributed by atoms with Gasteiger partial charge in [0.05, 0.1) is 16.3 Å². The van der Waals surface area contributed by atoms with E-state index < -0.39 is 10.0 Å². The summed E-state index contributed by atoms with van der Waals surface area (Å²) in [5.41, 5.74) is 5.96. The number of benzene rings is 1. The molecule has 0 unspecified atom stereocenters. The molecule has 7 nitrogen and oxygen atoms in total. The Balaban J connectivity index is 2.33. The highest BCUT2D eigenvalue weighted by atomic mass is 32.2. The van der Waals surface area contributed by atoms with Gasteiger partial charge in [0, 0.05) is 0 Å². The lowest BCUT2D eigenvalue weighted by Gasteiger charge is -2.06. The van der Waals surface area contributed by atoms with E-state index in [0.717, 1.165) is 6.07 Å². The van der Waals surface area contributed by atoms with Crippen LogP contribution in [-0.4, -0.2) is 18.5 Å². The summed E-state index contributed by atoms with van der Waals surface area (Å²) >= 11 is 0. The van der Waals surface area contributed by atoms with Gasteiger partial charge >= 0.3 is 6.01 Å². The van der Waals surface area contributed by atoms with Crippen LogP contribution in [0.4, 0.5) is 11.7 Å². The van der Waals surface area contributed by atoms with E-state index in [0.29, 0.717) is 5.69 Å². The molecule has 18 heavy (non-hydrogen) atoms. The topological polar surface area (TPSA) is 118 Å². The van der Waals surface area contributed by atoms with Crippen molar-refractivity contribution in [3.8, 4) is 5.75 Å². The lowest BCUT2D eigenvalue weighted by atomic mass is 10.3. The number of nitrogen functional groups attached to an aromatic ring is 1. The number of sulfonamides is 1. The zero-order valence-corrected chi connectivity index (χ0v) is 10.2. The summed E-state index contributed by atoms with van der Waals surface area (Å²) in [7, 11) is -3.84. The van der Waals surface area contributed by atoms with Crippen LogP contribution in [0.3, 0.4) is 0 Å². The molecule has 2 aromatic rings. The van der Waals surface area contributed by atoms with E-state index in [1.807, 2.05) is 0 Å². The number of aryl methyl sites for hydroxylation is 1. The Labute approximate surface area is 103 Å².